The van der Waals surface area contributed by atoms with Crippen molar-refractivity contribution in [1.82, 2.24) is 10.2 Å². The standard InChI is InChI=1S/C10H10ClN3S2/c1-6-13-14-10(16-6)15-5-7-4-8(12)2-3-9(7)11/h2-4H,5,12H2,1H3. The highest BCUT2D eigenvalue weighted by molar-refractivity contribution is 8.00. The minimum atomic E-state index is 0.730. The van der Waals surface area contributed by atoms with Gasteiger partial charge in [-0.25, -0.2) is 0 Å². The number of anilines is 1. The average molecular weight is 272 g/mol. The fourth-order valence-corrected chi connectivity index (χ4v) is 3.25. The van der Waals surface area contributed by atoms with Crippen molar-refractivity contribution >= 4 is 40.4 Å². The summed E-state index contributed by atoms with van der Waals surface area (Å²) in [6.07, 6.45) is 0. The largest absolute Gasteiger partial charge is 0.399 e. The minimum Gasteiger partial charge on any atom is -0.399 e. The molecule has 1 aromatic carbocycles. The van der Waals surface area contributed by atoms with Crippen LogP contribution in [0.1, 0.15) is 10.6 Å². The molecule has 0 aliphatic carbocycles. The van der Waals surface area contributed by atoms with Gasteiger partial charge in [0.1, 0.15) is 5.01 Å². The molecule has 0 spiro atoms. The third-order valence-corrected chi connectivity index (χ3v) is 4.32. The van der Waals surface area contributed by atoms with Crippen molar-refractivity contribution < 1.29 is 0 Å². The molecule has 6 heteroatoms. The van der Waals surface area contributed by atoms with Gasteiger partial charge in [-0.15, -0.1) is 10.2 Å². The van der Waals surface area contributed by atoms with Crippen LogP contribution in [0.3, 0.4) is 0 Å². The summed E-state index contributed by atoms with van der Waals surface area (Å²) in [5.41, 5.74) is 7.46. The topological polar surface area (TPSA) is 51.8 Å². The summed E-state index contributed by atoms with van der Waals surface area (Å²) < 4.78 is 0.955. The van der Waals surface area contributed by atoms with Gasteiger partial charge < -0.3 is 5.73 Å². The Hall–Kier alpha value is -0.780. The van der Waals surface area contributed by atoms with E-state index < -0.39 is 0 Å². The molecule has 0 saturated carbocycles. The van der Waals surface area contributed by atoms with E-state index in [1.807, 2.05) is 19.1 Å². The van der Waals surface area contributed by atoms with Crippen LogP contribution >= 0.6 is 34.7 Å². The monoisotopic (exact) mass is 271 g/mol. The van der Waals surface area contributed by atoms with Gasteiger partial charge in [-0.2, -0.15) is 0 Å². The van der Waals surface area contributed by atoms with E-state index in [1.54, 1.807) is 29.2 Å². The summed E-state index contributed by atoms with van der Waals surface area (Å²) in [6.45, 7) is 1.94. The van der Waals surface area contributed by atoms with E-state index in [9.17, 15) is 0 Å². The molecule has 2 N–H and O–H groups in total. The summed E-state index contributed by atoms with van der Waals surface area (Å²) in [7, 11) is 0. The van der Waals surface area contributed by atoms with Gasteiger partial charge in [-0.3, -0.25) is 0 Å². The van der Waals surface area contributed by atoms with Crippen molar-refractivity contribution in [2.24, 2.45) is 0 Å². The van der Waals surface area contributed by atoms with Crippen molar-refractivity contribution in [3.05, 3.63) is 33.8 Å². The maximum absolute atomic E-state index is 6.07. The zero-order valence-corrected chi connectivity index (χ0v) is 11.0. The summed E-state index contributed by atoms with van der Waals surface area (Å²) in [5.74, 6) is 0.762. The van der Waals surface area contributed by atoms with E-state index in [0.29, 0.717) is 0 Å². The van der Waals surface area contributed by atoms with E-state index in [4.69, 9.17) is 17.3 Å². The maximum atomic E-state index is 6.07. The lowest BCUT2D eigenvalue weighted by molar-refractivity contribution is 0.983. The molecule has 0 atom stereocenters. The number of hydrogen-bond donors (Lipinski definition) is 1. The second kappa shape index (κ2) is 5.03. The van der Waals surface area contributed by atoms with Gasteiger partial charge in [-0.05, 0) is 30.7 Å². The molecule has 1 aromatic heterocycles. The lowest BCUT2D eigenvalue weighted by atomic mass is 10.2. The van der Waals surface area contributed by atoms with Crippen LogP contribution in [-0.2, 0) is 5.75 Å². The highest BCUT2D eigenvalue weighted by Gasteiger charge is 2.05. The van der Waals surface area contributed by atoms with E-state index in [-0.39, 0.29) is 0 Å². The number of rotatable bonds is 3. The lowest BCUT2D eigenvalue weighted by Crippen LogP contribution is -1.88. The number of thioether (sulfide) groups is 1. The smallest absolute Gasteiger partial charge is 0.174 e. The van der Waals surface area contributed by atoms with Crippen LogP contribution in [0.15, 0.2) is 22.5 Å². The zero-order chi connectivity index (χ0) is 11.5. The first-order valence-corrected chi connectivity index (χ1v) is 6.80. The van der Waals surface area contributed by atoms with Crippen molar-refractivity contribution in [2.75, 3.05) is 5.73 Å². The lowest BCUT2D eigenvalue weighted by Gasteiger charge is -2.03. The molecule has 0 aliphatic heterocycles. The number of hydrogen-bond acceptors (Lipinski definition) is 5. The zero-order valence-electron chi connectivity index (χ0n) is 8.61. The number of aryl methyl sites for hydroxylation is 1. The Kier molecular flexibility index (Phi) is 3.68. The summed E-state index contributed by atoms with van der Waals surface area (Å²) in [6, 6.07) is 5.51. The van der Waals surface area contributed by atoms with Gasteiger partial charge in [0.05, 0.1) is 0 Å². The predicted molar refractivity (Wildman–Crippen MR) is 70.1 cm³/mol. The number of nitrogens with two attached hydrogens (primary N) is 1. The Bertz CT molecular complexity index is 499. The van der Waals surface area contributed by atoms with Crippen molar-refractivity contribution in [3.8, 4) is 0 Å². The van der Waals surface area contributed by atoms with Crippen molar-refractivity contribution in [3.63, 3.8) is 0 Å². The first-order valence-electron chi connectivity index (χ1n) is 4.62. The normalized spacial score (nSPS) is 10.6. The number of nitrogen functional groups attached to an aromatic ring is 1. The number of nitrogens with zero attached hydrogens (tertiary/aromatic N) is 2. The number of benzene rings is 1. The molecular weight excluding hydrogens is 262 g/mol. The van der Waals surface area contributed by atoms with Crippen LogP contribution in [0.5, 0.6) is 0 Å². The van der Waals surface area contributed by atoms with E-state index in [2.05, 4.69) is 10.2 Å². The third-order valence-electron chi connectivity index (χ3n) is 1.93. The molecule has 0 aliphatic rings. The molecule has 0 fully saturated rings. The first-order chi connectivity index (χ1) is 7.65. The fraction of sp³-hybridized carbons (Fsp3) is 0.200. The maximum Gasteiger partial charge on any atom is 0.174 e. The molecule has 1 heterocycles. The predicted octanol–water partition coefficient (Wildman–Crippen LogP) is 3.37. The molecule has 2 aromatic rings. The highest BCUT2D eigenvalue weighted by Crippen LogP contribution is 2.29. The Labute approximate surface area is 107 Å². The van der Waals surface area contributed by atoms with Crippen LogP contribution in [0.2, 0.25) is 5.02 Å². The van der Waals surface area contributed by atoms with E-state index in [1.165, 1.54) is 0 Å². The molecule has 16 heavy (non-hydrogen) atoms. The molecule has 0 unspecified atom stereocenters. The van der Waals surface area contributed by atoms with Gasteiger partial charge in [-0.1, -0.05) is 34.7 Å². The summed E-state index contributed by atoms with van der Waals surface area (Å²) >= 11 is 9.27. The minimum absolute atomic E-state index is 0.730. The van der Waals surface area contributed by atoms with Crippen molar-refractivity contribution in [2.45, 2.75) is 17.0 Å². The molecule has 0 bridgehead atoms. The Morgan fingerprint density at radius 3 is 2.94 bits per heavy atom. The molecule has 0 saturated heterocycles. The highest BCUT2D eigenvalue weighted by atomic mass is 35.5. The van der Waals surface area contributed by atoms with Gasteiger partial charge in [0.25, 0.3) is 0 Å². The Balaban J connectivity index is 2.07. The van der Waals surface area contributed by atoms with Gasteiger partial charge >= 0.3 is 0 Å². The SMILES string of the molecule is Cc1nnc(SCc2cc(N)ccc2Cl)s1. The fourth-order valence-electron chi connectivity index (χ4n) is 1.18. The molecular formula is C10H10ClN3S2. The first kappa shape index (κ1) is 11.7. The average Bonchev–Trinajstić information content (AvgIpc) is 2.66. The third kappa shape index (κ3) is 2.87. The molecule has 0 radical (unpaired) electrons. The molecule has 84 valence electrons. The van der Waals surface area contributed by atoms with Crippen LogP contribution in [0, 0.1) is 6.92 Å². The summed E-state index contributed by atoms with van der Waals surface area (Å²) in [4.78, 5) is 0. The van der Waals surface area contributed by atoms with E-state index >= 15 is 0 Å². The van der Waals surface area contributed by atoms with E-state index in [0.717, 1.165) is 31.4 Å². The second-order valence-electron chi connectivity index (χ2n) is 3.23. The van der Waals surface area contributed by atoms with Gasteiger partial charge in [0, 0.05) is 16.5 Å². The molecule has 0 amide bonds. The number of aromatic nitrogens is 2. The molecule has 2 rings (SSSR count). The van der Waals surface area contributed by atoms with Crippen LogP contribution in [-0.4, -0.2) is 10.2 Å². The van der Waals surface area contributed by atoms with Crippen LogP contribution in [0.4, 0.5) is 5.69 Å². The second-order valence-corrected chi connectivity index (χ2v) is 6.04. The Morgan fingerprint density at radius 1 is 1.44 bits per heavy atom. The Morgan fingerprint density at radius 2 is 2.25 bits per heavy atom. The van der Waals surface area contributed by atoms with Crippen LogP contribution in [0.25, 0.3) is 0 Å². The van der Waals surface area contributed by atoms with Crippen LogP contribution < -0.4 is 5.73 Å². The summed E-state index contributed by atoms with van der Waals surface area (Å²) in [5, 5.41) is 9.71. The van der Waals surface area contributed by atoms with Gasteiger partial charge in [0.15, 0.2) is 4.34 Å². The number of halogens is 1. The van der Waals surface area contributed by atoms with Crippen molar-refractivity contribution in [1.29, 1.82) is 0 Å². The quantitative estimate of drug-likeness (QED) is 0.687. The molecule has 3 nitrogen and oxygen atoms in total. The van der Waals surface area contributed by atoms with Gasteiger partial charge in [0.2, 0.25) is 0 Å².